The Hall–Kier alpha value is -1.98. The van der Waals surface area contributed by atoms with Crippen molar-refractivity contribution in [1.29, 1.82) is 0 Å². The predicted molar refractivity (Wildman–Crippen MR) is 106 cm³/mol. The highest BCUT2D eigenvalue weighted by molar-refractivity contribution is 14.1. The van der Waals surface area contributed by atoms with E-state index in [4.69, 9.17) is 0 Å². The van der Waals surface area contributed by atoms with Crippen molar-refractivity contribution in [2.75, 3.05) is 13.1 Å². The van der Waals surface area contributed by atoms with Gasteiger partial charge in [0.2, 0.25) is 5.91 Å². The smallest absolute Gasteiger partial charge is 0.339 e. The number of rotatable bonds is 4. The van der Waals surface area contributed by atoms with Crippen LogP contribution in [0.5, 0.6) is 0 Å². The zero-order chi connectivity index (χ0) is 20.3. The van der Waals surface area contributed by atoms with Gasteiger partial charge < -0.3 is 4.90 Å². The van der Waals surface area contributed by atoms with Crippen LogP contribution in [0, 0.1) is 6.92 Å². The van der Waals surface area contributed by atoms with Crippen molar-refractivity contribution in [3.8, 4) is 0 Å². The molecule has 1 aromatic heterocycles. The van der Waals surface area contributed by atoms with Gasteiger partial charge in [-0.15, -0.1) is 10.2 Å². The number of halogens is 4. The van der Waals surface area contributed by atoms with Crippen LogP contribution in [-0.4, -0.2) is 48.0 Å². The maximum Gasteiger partial charge on any atom is 0.416 e. The molecule has 1 fully saturated rings. The zero-order valence-corrected chi connectivity index (χ0v) is 17.3. The maximum absolute atomic E-state index is 13.1. The predicted octanol–water partition coefficient (Wildman–Crippen LogP) is 3.49. The fourth-order valence-electron chi connectivity index (χ4n) is 2.96. The average molecular weight is 505 g/mol. The first-order valence-electron chi connectivity index (χ1n) is 8.78. The van der Waals surface area contributed by atoms with Gasteiger partial charge in [-0.2, -0.15) is 18.0 Å². The van der Waals surface area contributed by atoms with E-state index in [1.165, 1.54) is 16.9 Å². The van der Waals surface area contributed by atoms with Gasteiger partial charge >= 0.3 is 6.18 Å². The van der Waals surface area contributed by atoms with Crippen LogP contribution in [0.3, 0.4) is 0 Å². The zero-order valence-electron chi connectivity index (χ0n) is 15.2. The van der Waals surface area contributed by atoms with Crippen molar-refractivity contribution in [3.05, 3.63) is 46.8 Å². The van der Waals surface area contributed by atoms with Gasteiger partial charge in [0, 0.05) is 23.1 Å². The molecule has 0 unspecified atom stereocenters. The summed E-state index contributed by atoms with van der Waals surface area (Å²) in [5.74, 6) is 0.293. The number of hydrogen-bond donors (Lipinski definition) is 0. The quantitative estimate of drug-likeness (QED) is 0.363. The van der Waals surface area contributed by atoms with E-state index in [1.807, 2.05) is 0 Å². The molecule has 28 heavy (non-hydrogen) atoms. The molecule has 0 atom stereocenters. The molecule has 0 saturated carbocycles. The highest BCUT2D eigenvalue weighted by Gasteiger charge is 2.31. The van der Waals surface area contributed by atoms with Gasteiger partial charge in [0.05, 0.1) is 12.1 Å². The lowest BCUT2D eigenvalue weighted by atomic mass is 10.0. The van der Waals surface area contributed by atoms with E-state index >= 15 is 0 Å². The first-order chi connectivity index (χ1) is 13.2. The summed E-state index contributed by atoms with van der Waals surface area (Å²) < 4.78 is 39.9. The summed E-state index contributed by atoms with van der Waals surface area (Å²) in [6.07, 6.45) is 0.408. The van der Waals surface area contributed by atoms with Crippen molar-refractivity contribution < 1.29 is 18.0 Å². The molecular formula is C18H19F3IN5O. The second-order valence-electron chi connectivity index (χ2n) is 6.61. The van der Waals surface area contributed by atoms with Gasteiger partial charge in [-0.25, -0.2) is 0 Å². The summed E-state index contributed by atoms with van der Waals surface area (Å²) in [5, 5.41) is 11.6. The minimum atomic E-state index is -4.46. The number of benzene rings is 1. The lowest BCUT2D eigenvalue weighted by molar-refractivity contribution is -0.137. The van der Waals surface area contributed by atoms with Crippen LogP contribution in [0.15, 0.2) is 24.3 Å². The normalized spacial score (nSPS) is 16.1. The molecule has 6 nitrogen and oxygen atoms in total. The number of carbonyl (C=O) groups excluding carboxylic acids is 1. The minimum absolute atomic E-state index is 0.0266. The van der Waals surface area contributed by atoms with E-state index in [2.05, 4.69) is 38.0 Å². The molecule has 1 aliphatic rings. The van der Waals surface area contributed by atoms with E-state index in [1.54, 1.807) is 17.9 Å². The monoisotopic (exact) mass is 505 g/mol. The molecule has 0 radical (unpaired) electrons. The van der Waals surface area contributed by atoms with E-state index in [9.17, 15) is 18.0 Å². The highest BCUT2D eigenvalue weighted by Crippen LogP contribution is 2.31. The first kappa shape index (κ1) is 20.7. The summed E-state index contributed by atoms with van der Waals surface area (Å²) in [7, 11) is 0. The standard InChI is InChI=1S/C18H19F3IN5O/c1-12-23-25-27(24-12)11-14-10-15(18(19,20)21)4-2-13(14)3-5-17(28)26-8-6-16(22)7-9-26/h2-5,10,16H,6-9,11H2,1H3/b5-3+. The Morgan fingerprint density at radius 1 is 1.32 bits per heavy atom. The molecule has 150 valence electrons. The van der Waals surface area contributed by atoms with Crippen LogP contribution in [0.25, 0.3) is 6.08 Å². The van der Waals surface area contributed by atoms with Gasteiger partial charge in [-0.05, 0) is 54.3 Å². The molecule has 10 heteroatoms. The topological polar surface area (TPSA) is 63.9 Å². The van der Waals surface area contributed by atoms with Crippen molar-refractivity contribution in [1.82, 2.24) is 25.1 Å². The lowest BCUT2D eigenvalue weighted by Gasteiger charge is -2.28. The Bertz CT molecular complexity index is 872. The maximum atomic E-state index is 13.1. The third-order valence-corrected chi connectivity index (χ3v) is 5.72. The van der Waals surface area contributed by atoms with E-state index in [0.29, 0.717) is 34.0 Å². The van der Waals surface area contributed by atoms with Crippen molar-refractivity contribution in [2.24, 2.45) is 0 Å². The molecule has 2 heterocycles. The fourth-order valence-corrected chi connectivity index (χ4v) is 3.52. The summed E-state index contributed by atoms with van der Waals surface area (Å²) in [4.78, 5) is 15.4. The van der Waals surface area contributed by atoms with Crippen LogP contribution < -0.4 is 0 Å². The Kier molecular flexibility index (Phi) is 6.36. The van der Waals surface area contributed by atoms with Crippen molar-refractivity contribution in [2.45, 2.75) is 36.4 Å². The SMILES string of the molecule is Cc1nnn(Cc2cc(C(F)(F)F)ccc2/C=C/C(=O)N2CCC(I)CC2)n1. The number of likely N-dealkylation sites (tertiary alicyclic amines) is 1. The molecule has 3 rings (SSSR count). The largest absolute Gasteiger partial charge is 0.416 e. The minimum Gasteiger partial charge on any atom is -0.339 e. The molecule has 0 N–H and O–H groups in total. The second-order valence-corrected chi connectivity index (χ2v) is 8.37. The number of hydrogen-bond acceptors (Lipinski definition) is 4. The molecule has 1 saturated heterocycles. The van der Waals surface area contributed by atoms with Gasteiger partial charge in [0.25, 0.3) is 0 Å². The number of tetrazole rings is 1. The summed E-state index contributed by atoms with van der Waals surface area (Å²) in [6.45, 7) is 3.06. The Morgan fingerprint density at radius 2 is 2.04 bits per heavy atom. The van der Waals surface area contributed by atoms with Gasteiger partial charge in [0.15, 0.2) is 5.82 Å². The number of alkyl halides is 4. The second kappa shape index (κ2) is 8.58. The third-order valence-electron chi connectivity index (χ3n) is 4.48. The molecule has 0 spiro atoms. The van der Waals surface area contributed by atoms with E-state index in [-0.39, 0.29) is 12.5 Å². The summed E-state index contributed by atoms with van der Waals surface area (Å²) in [6, 6.07) is 3.43. The average Bonchev–Trinajstić information content (AvgIpc) is 3.05. The van der Waals surface area contributed by atoms with Gasteiger partial charge in [0.1, 0.15) is 0 Å². The number of amides is 1. The number of nitrogens with zero attached hydrogens (tertiary/aromatic N) is 5. The highest BCUT2D eigenvalue weighted by atomic mass is 127. The molecular weight excluding hydrogens is 486 g/mol. The van der Waals surface area contributed by atoms with Crippen LogP contribution in [-0.2, 0) is 17.5 Å². The number of carbonyl (C=O) groups is 1. The summed E-state index contributed by atoms with van der Waals surface area (Å²) in [5.41, 5.74) is 0.120. The number of piperidine rings is 1. The molecule has 0 bridgehead atoms. The van der Waals surface area contributed by atoms with Crippen molar-refractivity contribution in [3.63, 3.8) is 0 Å². The molecule has 2 aromatic rings. The lowest BCUT2D eigenvalue weighted by Crippen LogP contribution is -2.37. The Labute approximate surface area is 173 Å². The van der Waals surface area contributed by atoms with Crippen LogP contribution in [0.2, 0.25) is 0 Å². The Morgan fingerprint density at radius 3 is 2.64 bits per heavy atom. The molecule has 1 amide bonds. The molecule has 0 aliphatic carbocycles. The van der Waals surface area contributed by atoms with E-state index in [0.717, 1.165) is 25.0 Å². The number of aromatic nitrogens is 4. The Balaban J connectivity index is 1.83. The van der Waals surface area contributed by atoms with Gasteiger partial charge in [-0.3, -0.25) is 4.79 Å². The van der Waals surface area contributed by atoms with E-state index < -0.39 is 11.7 Å². The molecule has 1 aliphatic heterocycles. The third kappa shape index (κ3) is 5.30. The molecule has 1 aromatic carbocycles. The van der Waals surface area contributed by atoms with Gasteiger partial charge in [-0.1, -0.05) is 28.7 Å². The van der Waals surface area contributed by atoms with Crippen LogP contribution in [0.1, 0.15) is 35.4 Å². The first-order valence-corrected chi connectivity index (χ1v) is 10.0. The van der Waals surface area contributed by atoms with Crippen molar-refractivity contribution >= 4 is 34.6 Å². The number of aryl methyl sites for hydroxylation is 1. The van der Waals surface area contributed by atoms with Crippen LogP contribution >= 0.6 is 22.6 Å². The van der Waals surface area contributed by atoms with Crippen LogP contribution in [0.4, 0.5) is 13.2 Å². The summed E-state index contributed by atoms with van der Waals surface area (Å²) >= 11 is 2.38. The fraction of sp³-hybridized carbons (Fsp3) is 0.444.